The van der Waals surface area contributed by atoms with E-state index in [0.717, 1.165) is 0 Å². The second-order valence-electron chi connectivity index (χ2n) is 3.12. The molecule has 0 saturated carbocycles. The molecular weight excluding hydrogens is 266 g/mol. The Balaban J connectivity index is 3.28. The predicted molar refractivity (Wildman–Crippen MR) is 65.6 cm³/mol. The number of hydrogen-bond donors (Lipinski definition) is 0. The third-order valence-electron chi connectivity index (χ3n) is 2.11. The smallest absolute Gasteiger partial charge is 0.340 e. The Morgan fingerprint density at radius 2 is 2.00 bits per heavy atom. The number of anilines is 1. The highest BCUT2D eigenvalue weighted by atomic mass is 35.5. The Morgan fingerprint density at radius 1 is 1.41 bits per heavy atom. The molecule has 1 aromatic rings. The van der Waals surface area contributed by atoms with Crippen molar-refractivity contribution < 1.29 is 17.9 Å². The summed E-state index contributed by atoms with van der Waals surface area (Å²) >= 11 is 5.74. The Morgan fingerprint density at radius 3 is 2.53 bits per heavy atom. The first kappa shape index (κ1) is 13.8. The number of carbonyl (C=O) groups excluding carboxylic acids is 1. The average Bonchev–Trinajstić information content (AvgIpc) is 2.36. The molecule has 0 aliphatic heterocycles. The van der Waals surface area contributed by atoms with Crippen LogP contribution in [0.2, 0.25) is 0 Å². The first-order chi connectivity index (χ1) is 7.94. The number of benzene rings is 1. The van der Waals surface area contributed by atoms with Crippen molar-refractivity contribution in [1.82, 2.24) is 0 Å². The van der Waals surface area contributed by atoms with Crippen molar-refractivity contribution in [2.24, 2.45) is 0 Å². The molecule has 0 unspecified atom stereocenters. The second-order valence-corrected chi connectivity index (χ2v) is 5.77. The van der Waals surface area contributed by atoms with Gasteiger partial charge in [0, 0.05) is 11.8 Å². The summed E-state index contributed by atoms with van der Waals surface area (Å²) in [6.45, 7) is 1.46. The molecule has 94 valence electrons. The molecule has 17 heavy (non-hydrogen) atoms. The normalized spacial score (nSPS) is 11.0. The van der Waals surface area contributed by atoms with E-state index in [1.165, 1.54) is 26.2 Å². The van der Waals surface area contributed by atoms with Gasteiger partial charge in [0.15, 0.2) is 0 Å². The van der Waals surface area contributed by atoms with E-state index >= 15 is 0 Å². The molecule has 0 aliphatic carbocycles. The standard InChI is InChI=1S/C10H12ClNO4S/c1-3-17(14,15)12(11)9-7-5-4-6-8(9)10(13)16-2/h4-7H,3H2,1-2H3. The summed E-state index contributed by atoms with van der Waals surface area (Å²) in [5.74, 6) is -0.802. The minimum Gasteiger partial charge on any atom is -0.465 e. The van der Waals surface area contributed by atoms with Gasteiger partial charge >= 0.3 is 5.97 Å². The third-order valence-corrected chi connectivity index (χ3v) is 4.34. The molecule has 0 fully saturated rings. The van der Waals surface area contributed by atoms with Crippen LogP contribution in [-0.2, 0) is 14.8 Å². The lowest BCUT2D eigenvalue weighted by Crippen LogP contribution is -2.24. The molecule has 5 nitrogen and oxygen atoms in total. The van der Waals surface area contributed by atoms with Gasteiger partial charge in [-0.15, -0.1) is 0 Å². The fourth-order valence-electron chi connectivity index (χ4n) is 1.17. The van der Waals surface area contributed by atoms with E-state index in [0.29, 0.717) is 3.82 Å². The number of nitrogens with zero attached hydrogens (tertiary/aromatic N) is 1. The van der Waals surface area contributed by atoms with Crippen LogP contribution in [0.1, 0.15) is 17.3 Å². The number of halogens is 1. The lowest BCUT2D eigenvalue weighted by atomic mass is 10.2. The van der Waals surface area contributed by atoms with E-state index in [4.69, 9.17) is 11.8 Å². The maximum absolute atomic E-state index is 11.6. The summed E-state index contributed by atoms with van der Waals surface area (Å²) in [7, 11) is -2.41. The van der Waals surface area contributed by atoms with Crippen molar-refractivity contribution in [2.75, 3.05) is 16.7 Å². The number of ether oxygens (including phenoxy) is 1. The lowest BCUT2D eigenvalue weighted by molar-refractivity contribution is 0.0602. The first-order valence-electron chi connectivity index (χ1n) is 4.80. The molecule has 0 amide bonds. The first-order valence-corrected chi connectivity index (χ1v) is 6.75. The van der Waals surface area contributed by atoms with Crippen molar-refractivity contribution >= 4 is 33.5 Å². The minimum absolute atomic E-state index is 0.0860. The van der Waals surface area contributed by atoms with Crippen LogP contribution in [0.15, 0.2) is 24.3 Å². The molecule has 0 aromatic heterocycles. The molecular formula is C10H12ClNO4S. The van der Waals surface area contributed by atoms with Gasteiger partial charge in [-0.2, -0.15) is 3.82 Å². The monoisotopic (exact) mass is 277 g/mol. The summed E-state index contributed by atoms with van der Waals surface area (Å²) in [6, 6.07) is 6.07. The van der Waals surface area contributed by atoms with Gasteiger partial charge in [-0.1, -0.05) is 12.1 Å². The highest BCUT2D eigenvalue weighted by Gasteiger charge is 2.23. The van der Waals surface area contributed by atoms with Crippen LogP contribution >= 0.6 is 11.8 Å². The summed E-state index contributed by atoms with van der Waals surface area (Å²) in [5.41, 5.74) is 0.185. The number of methoxy groups -OCH3 is 1. The molecule has 1 aromatic carbocycles. The molecule has 1 rings (SSSR count). The molecule has 0 bridgehead atoms. The summed E-state index contributed by atoms with van der Waals surface area (Å²) < 4.78 is 28.3. The zero-order valence-corrected chi connectivity index (χ0v) is 11.0. The van der Waals surface area contributed by atoms with E-state index in [1.54, 1.807) is 12.1 Å². The topological polar surface area (TPSA) is 63.7 Å². The number of para-hydroxylation sites is 1. The van der Waals surface area contributed by atoms with Crippen molar-refractivity contribution in [1.29, 1.82) is 0 Å². The van der Waals surface area contributed by atoms with Crippen LogP contribution in [-0.4, -0.2) is 27.2 Å². The van der Waals surface area contributed by atoms with E-state index in [1.807, 2.05) is 0 Å². The van der Waals surface area contributed by atoms with Crippen molar-refractivity contribution in [2.45, 2.75) is 6.92 Å². The number of carbonyl (C=O) groups is 1. The van der Waals surface area contributed by atoms with Crippen LogP contribution in [0.4, 0.5) is 5.69 Å². The molecule has 0 atom stereocenters. The van der Waals surface area contributed by atoms with Crippen molar-refractivity contribution in [3.05, 3.63) is 29.8 Å². The number of hydrogen-bond acceptors (Lipinski definition) is 4. The number of esters is 1. The number of rotatable bonds is 4. The highest BCUT2D eigenvalue weighted by molar-refractivity contribution is 7.94. The predicted octanol–water partition coefficient (Wildman–Crippen LogP) is 1.78. The second kappa shape index (κ2) is 5.37. The molecule has 0 aliphatic rings. The zero-order valence-electron chi connectivity index (χ0n) is 9.38. The SMILES string of the molecule is CCS(=O)(=O)N(Cl)c1ccccc1C(=O)OC. The molecule has 7 heteroatoms. The van der Waals surface area contributed by atoms with Crippen LogP contribution in [0.3, 0.4) is 0 Å². The maximum atomic E-state index is 11.6. The van der Waals surface area contributed by atoms with Gasteiger partial charge in [0.25, 0.3) is 0 Å². The van der Waals surface area contributed by atoms with Gasteiger partial charge in [0.1, 0.15) is 0 Å². The quantitative estimate of drug-likeness (QED) is 0.622. The van der Waals surface area contributed by atoms with Crippen molar-refractivity contribution in [3.63, 3.8) is 0 Å². The lowest BCUT2D eigenvalue weighted by Gasteiger charge is -2.17. The number of sulfonamides is 1. The minimum atomic E-state index is -3.62. The van der Waals surface area contributed by atoms with Crippen LogP contribution in [0, 0.1) is 0 Å². The van der Waals surface area contributed by atoms with Gasteiger partial charge < -0.3 is 4.74 Å². The van der Waals surface area contributed by atoms with E-state index in [9.17, 15) is 13.2 Å². The Hall–Kier alpha value is -1.27. The summed E-state index contributed by atoms with van der Waals surface area (Å²) in [5, 5.41) is 0. The zero-order chi connectivity index (χ0) is 13.1. The Kier molecular flexibility index (Phi) is 4.36. The van der Waals surface area contributed by atoms with Crippen molar-refractivity contribution in [3.8, 4) is 0 Å². The maximum Gasteiger partial charge on any atom is 0.340 e. The summed E-state index contributed by atoms with van der Waals surface area (Å²) in [6.07, 6.45) is 0. The Bertz CT molecular complexity index is 515. The van der Waals surface area contributed by atoms with Gasteiger partial charge in [0.05, 0.1) is 24.1 Å². The van der Waals surface area contributed by atoms with Gasteiger partial charge in [-0.25, -0.2) is 13.2 Å². The van der Waals surface area contributed by atoms with E-state index in [2.05, 4.69) is 4.74 Å². The fraction of sp³-hybridized carbons (Fsp3) is 0.300. The molecule has 0 saturated heterocycles. The van der Waals surface area contributed by atoms with Gasteiger partial charge in [-0.05, 0) is 19.1 Å². The van der Waals surface area contributed by atoms with Gasteiger partial charge in [-0.3, -0.25) is 0 Å². The highest BCUT2D eigenvalue weighted by Crippen LogP contribution is 2.25. The fourth-order valence-corrected chi connectivity index (χ4v) is 2.30. The third kappa shape index (κ3) is 2.89. The summed E-state index contributed by atoms with van der Waals surface area (Å²) in [4.78, 5) is 11.5. The Labute approximate surface area is 105 Å². The molecule has 0 heterocycles. The van der Waals surface area contributed by atoms with Gasteiger partial charge in [0.2, 0.25) is 10.0 Å². The van der Waals surface area contributed by atoms with Crippen LogP contribution in [0.25, 0.3) is 0 Å². The van der Waals surface area contributed by atoms with E-state index in [-0.39, 0.29) is 17.0 Å². The average molecular weight is 278 g/mol. The van der Waals surface area contributed by atoms with Crippen LogP contribution < -0.4 is 3.82 Å². The molecule has 0 spiro atoms. The van der Waals surface area contributed by atoms with Crippen LogP contribution in [0.5, 0.6) is 0 Å². The molecule has 0 radical (unpaired) electrons. The largest absolute Gasteiger partial charge is 0.465 e. The van der Waals surface area contributed by atoms with E-state index < -0.39 is 16.0 Å². The molecule has 0 N–H and O–H groups in total.